The fourth-order valence-corrected chi connectivity index (χ4v) is 2.23. The van der Waals surface area contributed by atoms with Gasteiger partial charge in [0, 0.05) is 0 Å². The molecule has 22 heavy (non-hydrogen) atoms. The minimum absolute atomic E-state index is 0.0689. The first-order valence-electron chi connectivity index (χ1n) is 7.43. The Kier molecular flexibility index (Phi) is 5.42. The van der Waals surface area contributed by atoms with Crippen LogP contribution in [0.3, 0.4) is 0 Å². The van der Waals surface area contributed by atoms with Gasteiger partial charge in [-0.25, -0.2) is 4.79 Å². The van der Waals surface area contributed by atoms with E-state index < -0.39 is 0 Å². The lowest BCUT2D eigenvalue weighted by Gasteiger charge is -2.16. The Morgan fingerprint density at radius 2 is 1.82 bits per heavy atom. The quantitative estimate of drug-likeness (QED) is 0.871. The van der Waals surface area contributed by atoms with Crippen molar-refractivity contribution in [2.75, 3.05) is 12.4 Å². The number of urea groups is 1. The molecule has 116 valence electrons. The van der Waals surface area contributed by atoms with Gasteiger partial charge in [-0.3, -0.25) is 0 Å². The summed E-state index contributed by atoms with van der Waals surface area (Å²) in [5.74, 6) is 0.637. The van der Waals surface area contributed by atoms with Crippen molar-refractivity contribution in [2.45, 2.75) is 26.3 Å². The van der Waals surface area contributed by atoms with E-state index in [0.29, 0.717) is 11.4 Å². The number of carbonyl (C=O) groups is 1. The molecule has 0 aromatic heterocycles. The number of aryl methyl sites for hydroxylation is 1. The van der Waals surface area contributed by atoms with Crippen LogP contribution in [0.15, 0.2) is 48.5 Å². The van der Waals surface area contributed by atoms with Gasteiger partial charge in [0.05, 0.1) is 18.8 Å². The highest BCUT2D eigenvalue weighted by Crippen LogP contribution is 2.23. The zero-order chi connectivity index (χ0) is 15.9. The van der Waals surface area contributed by atoms with Crippen LogP contribution in [-0.4, -0.2) is 13.1 Å². The first-order valence-corrected chi connectivity index (χ1v) is 7.43. The van der Waals surface area contributed by atoms with Gasteiger partial charge in [0.1, 0.15) is 5.75 Å². The van der Waals surface area contributed by atoms with Crippen LogP contribution < -0.4 is 15.4 Å². The molecule has 2 amide bonds. The fourth-order valence-electron chi connectivity index (χ4n) is 2.23. The Bertz CT molecular complexity index is 623. The molecule has 1 unspecified atom stereocenters. The van der Waals surface area contributed by atoms with Gasteiger partial charge in [-0.1, -0.05) is 43.3 Å². The number of hydrogen-bond acceptors (Lipinski definition) is 2. The number of ether oxygens (including phenoxy) is 1. The zero-order valence-corrected chi connectivity index (χ0v) is 13.2. The number of methoxy groups -OCH3 is 1. The Morgan fingerprint density at radius 3 is 2.45 bits per heavy atom. The number of hydrogen-bond donors (Lipinski definition) is 2. The second kappa shape index (κ2) is 7.50. The first kappa shape index (κ1) is 15.9. The summed E-state index contributed by atoms with van der Waals surface area (Å²) in [6.45, 7) is 4.08. The highest BCUT2D eigenvalue weighted by atomic mass is 16.5. The summed E-state index contributed by atoms with van der Waals surface area (Å²) in [6, 6.07) is 15.3. The van der Waals surface area contributed by atoms with Gasteiger partial charge in [-0.2, -0.15) is 0 Å². The van der Waals surface area contributed by atoms with Crippen molar-refractivity contribution in [3.8, 4) is 5.75 Å². The monoisotopic (exact) mass is 298 g/mol. The van der Waals surface area contributed by atoms with E-state index in [2.05, 4.69) is 29.7 Å². The number of rotatable bonds is 5. The average molecular weight is 298 g/mol. The third kappa shape index (κ3) is 4.01. The Hall–Kier alpha value is -2.49. The van der Waals surface area contributed by atoms with Crippen molar-refractivity contribution in [3.63, 3.8) is 0 Å². The maximum absolute atomic E-state index is 12.1. The van der Waals surface area contributed by atoms with E-state index in [1.54, 1.807) is 13.2 Å². The van der Waals surface area contributed by atoms with Crippen LogP contribution in [0.25, 0.3) is 0 Å². The highest BCUT2D eigenvalue weighted by Gasteiger charge is 2.11. The van der Waals surface area contributed by atoms with Crippen molar-refractivity contribution in [1.29, 1.82) is 0 Å². The molecule has 0 heterocycles. The van der Waals surface area contributed by atoms with E-state index in [1.165, 1.54) is 5.56 Å². The molecule has 0 spiro atoms. The van der Waals surface area contributed by atoms with Crippen LogP contribution in [0.4, 0.5) is 10.5 Å². The Morgan fingerprint density at radius 1 is 1.14 bits per heavy atom. The van der Waals surface area contributed by atoms with Crippen molar-refractivity contribution < 1.29 is 9.53 Å². The van der Waals surface area contributed by atoms with E-state index in [1.807, 2.05) is 37.3 Å². The van der Waals surface area contributed by atoms with Gasteiger partial charge in [0.25, 0.3) is 0 Å². The molecular formula is C18H22N2O2. The van der Waals surface area contributed by atoms with Crippen molar-refractivity contribution in [2.24, 2.45) is 0 Å². The number of amides is 2. The average Bonchev–Trinajstić information content (AvgIpc) is 2.55. The molecule has 2 N–H and O–H groups in total. The van der Waals surface area contributed by atoms with Gasteiger partial charge in [-0.05, 0) is 36.6 Å². The van der Waals surface area contributed by atoms with Crippen LogP contribution in [0.2, 0.25) is 0 Å². The zero-order valence-electron chi connectivity index (χ0n) is 13.2. The molecule has 0 radical (unpaired) electrons. The van der Waals surface area contributed by atoms with Crippen LogP contribution >= 0.6 is 0 Å². The molecular weight excluding hydrogens is 276 g/mol. The first-order chi connectivity index (χ1) is 10.6. The lowest BCUT2D eigenvalue weighted by atomic mass is 10.1. The summed E-state index contributed by atoms with van der Waals surface area (Å²) in [6.07, 6.45) is 1.01. The number of nitrogens with one attached hydrogen (secondary N) is 2. The third-order valence-corrected chi connectivity index (χ3v) is 3.59. The van der Waals surface area contributed by atoms with E-state index >= 15 is 0 Å². The maximum atomic E-state index is 12.1. The number of carbonyl (C=O) groups excluding carboxylic acids is 1. The molecule has 2 aromatic rings. The predicted molar refractivity (Wildman–Crippen MR) is 89.4 cm³/mol. The number of benzene rings is 2. The fraction of sp³-hybridized carbons (Fsp3) is 0.278. The normalized spacial score (nSPS) is 11.6. The van der Waals surface area contributed by atoms with Gasteiger partial charge < -0.3 is 15.4 Å². The standard InChI is InChI=1S/C18H22N2O2/c1-4-14-9-11-15(12-10-14)13(2)19-18(21)20-16-7-5-6-8-17(16)22-3/h5-13H,4H2,1-3H3,(H2,19,20,21). The van der Waals surface area contributed by atoms with E-state index in [-0.39, 0.29) is 12.1 Å². The van der Waals surface area contributed by atoms with Crippen LogP contribution in [0.1, 0.15) is 31.0 Å². The van der Waals surface area contributed by atoms with Gasteiger partial charge in [-0.15, -0.1) is 0 Å². The minimum Gasteiger partial charge on any atom is -0.495 e. The minimum atomic E-state index is -0.253. The molecule has 4 heteroatoms. The molecule has 0 fully saturated rings. The van der Waals surface area contributed by atoms with Gasteiger partial charge in [0.15, 0.2) is 0 Å². The molecule has 0 aliphatic heterocycles. The van der Waals surface area contributed by atoms with Crippen LogP contribution in [0, 0.1) is 0 Å². The molecule has 0 aliphatic carbocycles. The summed E-state index contributed by atoms with van der Waals surface area (Å²) in [5.41, 5.74) is 3.01. The molecule has 0 saturated carbocycles. The van der Waals surface area contributed by atoms with Crippen LogP contribution in [-0.2, 0) is 6.42 Å². The molecule has 2 rings (SSSR count). The molecule has 0 aliphatic rings. The summed E-state index contributed by atoms with van der Waals surface area (Å²) in [7, 11) is 1.58. The molecule has 4 nitrogen and oxygen atoms in total. The number of para-hydroxylation sites is 2. The largest absolute Gasteiger partial charge is 0.495 e. The van der Waals surface area contributed by atoms with Gasteiger partial charge in [0.2, 0.25) is 0 Å². The molecule has 2 aromatic carbocycles. The van der Waals surface area contributed by atoms with E-state index in [9.17, 15) is 4.79 Å². The second-order valence-electron chi connectivity index (χ2n) is 5.12. The molecule has 0 saturated heterocycles. The third-order valence-electron chi connectivity index (χ3n) is 3.59. The summed E-state index contributed by atoms with van der Waals surface area (Å²) < 4.78 is 5.22. The molecule has 1 atom stereocenters. The summed E-state index contributed by atoms with van der Waals surface area (Å²) in [5, 5.41) is 5.74. The summed E-state index contributed by atoms with van der Waals surface area (Å²) in [4.78, 5) is 12.1. The van der Waals surface area contributed by atoms with Crippen molar-refractivity contribution in [1.82, 2.24) is 5.32 Å². The van der Waals surface area contributed by atoms with E-state index in [4.69, 9.17) is 4.74 Å². The van der Waals surface area contributed by atoms with Crippen molar-refractivity contribution >= 4 is 11.7 Å². The second-order valence-corrected chi connectivity index (χ2v) is 5.12. The lowest BCUT2D eigenvalue weighted by molar-refractivity contribution is 0.249. The Labute approximate surface area is 131 Å². The van der Waals surface area contributed by atoms with Gasteiger partial charge >= 0.3 is 6.03 Å². The SMILES string of the molecule is CCc1ccc(C(C)NC(=O)Nc2ccccc2OC)cc1. The highest BCUT2D eigenvalue weighted by molar-refractivity contribution is 5.91. The number of anilines is 1. The lowest BCUT2D eigenvalue weighted by Crippen LogP contribution is -2.31. The van der Waals surface area contributed by atoms with Crippen LogP contribution in [0.5, 0.6) is 5.75 Å². The predicted octanol–water partition coefficient (Wildman–Crippen LogP) is 4.14. The maximum Gasteiger partial charge on any atom is 0.319 e. The Balaban J connectivity index is 1.98. The molecule has 0 bridgehead atoms. The topological polar surface area (TPSA) is 50.4 Å². The van der Waals surface area contributed by atoms with Crippen molar-refractivity contribution in [3.05, 3.63) is 59.7 Å². The summed E-state index contributed by atoms with van der Waals surface area (Å²) >= 11 is 0. The smallest absolute Gasteiger partial charge is 0.319 e. The van der Waals surface area contributed by atoms with E-state index in [0.717, 1.165) is 12.0 Å².